The van der Waals surface area contributed by atoms with Gasteiger partial charge in [0.2, 0.25) is 0 Å². The molecule has 1 saturated carbocycles. The minimum atomic E-state index is 0.370. The average Bonchev–Trinajstić information content (AvgIpc) is 2.78. The quantitative estimate of drug-likeness (QED) is 0.736. The van der Waals surface area contributed by atoms with Gasteiger partial charge >= 0.3 is 0 Å². The zero-order chi connectivity index (χ0) is 12.3. The maximum Gasteiger partial charge on any atom is 0.125 e. The predicted molar refractivity (Wildman–Crippen MR) is 76.1 cm³/mol. The summed E-state index contributed by atoms with van der Waals surface area (Å²) in [6, 6.07) is 6.34. The molecule has 2 rings (SSSR count). The van der Waals surface area contributed by atoms with Crippen molar-refractivity contribution < 1.29 is 4.74 Å². The van der Waals surface area contributed by atoms with Crippen molar-refractivity contribution in [1.29, 1.82) is 0 Å². The van der Waals surface area contributed by atoms with E-state index >= 15 is 0 Å². The summed E-state index contributed by atoms with van der Waals surface area (Å²) in [5.41, 5.74) is 2.86. The van der Waals surface area contributed by atoms with Crippen LogP contribution in [0.1, 0.15) is 36.8 Å². The highest BCUT2D eigenvalue weighted by Gasteiger charge is 2.33. The number of rotatable bonds is 4. The van der Waals surface area contributed by atoms with Gasteiger partial charge in [-0.3, -0.25) is 0 Å². The lowest BCUT2D eigenvalue weighted by atomic mass is 9.90. The van der Waals surface area contributed by atoms with Gasteiger partial charge in [-0.15, -0.1) is 0 Å². The Morgan fingerprint density at radius 1 is 1.18 bits per heavy atom. The van der Waals surface area contributed by atoms with Gasteiger partial charge in [0.25, 0.3) is 0 Å². The van der Waals surface area contributed by atoms with E-state index in [9.17, 15) is 0 Å². The third kappa shape index (κ3) is 2.85. The summed E-state index contributed by atoms with van der Waals surface area (Å²) in [5.74, 6) is 1.08. The van der Waals surface area contributed by atoms with E-state index in [0.717, 1.165) is 17.7 Å². The van der Waals surface area contributed by atoms with Gasteiger partial charge in [-0.05, 0) is 37.8 Å². The van der Waals surface area contributed by atoms with Crippen molar-refractivity contribution in [3.8, 4) is 5.75 Å². The summed E-state index contributed by atoms with van der Waals surface area (Å²) >= 11 is 3.66. The van der Waals surface area contributed by atoms with Crippen LogP contribution in [0.3, 0.4) is 0 Å². The fourth-order valence-corrected chi connectivity index (χ4v) is 3.42. The molecule has 0 radical (unpaired) electrons. The van der Waals surface area contributed by atoms with E-state index in [2.05, 4.69) is 48.0 Å². The minimum Gasteiger partial charge on any atom is -0.492 e. The van der Waals surface area contributed by atoms with Gasteiger partial charge in [0.05, 0.1) is 6.61 Å². The fraction of sp³-hybridized carbons (Fsp3) is 0.600. The normalized spacial score (nSPS) is 18.3. The second-order valence-corrected chi connectivity index (χ2v) is 5.91. The third-order valence-electron chi connectivity index (χ3n) is 3.88. The number of para-hydroxylation sites is 1. The van der Waals surface area contributed by atoms with Crippen molar-refractivity contribution in [1.82, 2.24) is 0 Å². The van der Waals surface area contributed by atoms with Crippen LogP contribution in [0.4, 0.5) is 0 Å². The van der Waals surface area contributed by atoms with E-state index in [4.69, 9.17) is 4.74 Å². The van der Waals surface area contributed by atoms with Gasteiger partial charge in [-0.25, -0.2) is 0 Å². The van der Waals surface area contributed by atoms with Crippen molar-refractivity contribution in [2.24, 2.45) is 5.41 Å². The Balaban J connectivity index is 2.06. The molecule has 0 atom stereocenters. The molecule has 1 aliphatic carbocycles. The smallest absolute Gasteiger partial charge is 0.125 e. The van der Waals surface area contributed by atoms with Crippen LogP contribution in [0.15, 0.2) is 18.2 Å². The molecule has 1 nitrogen and oxygen atoms in total. The van der Waals surface area contributed by atoms with E-state index < -0.39 is 0 Å². The Morgan fingerprint density at radius 3 is 2.29 bits per heavy atom. The number of halogens is 1. The highest BCUT2D eigenvalue weighted by Crippen LogP contribution is 2.40. The molecule has 1 aliphatic rings. The van der Waals surface area contributed by atoms with Crippen LogP contribution in [-0.4, -0.2) is 11.9 Å². The van der Waals surface area contributed by atoms with Crippen LogP contribution in [0, 0.1) is 19.3 Å². The molecule has 0 saturated heterocycles. The Morgan fingerprint density at radius 2 is 1.76 bits per heavy atom. The molecule has 0 aromatic heterocycles. The molecule has 0 heterocycles. The van der Waals surface area contributed by atoms with Gasteiger partial charge in [0.1, 0.15) is 5.75 Å². The van der Waals surface area contributed by atoms with Crippen molar-refractivity contribution in [2.45, 2.75) is 39.5 Å². The molecule has 0 amide bonds. The number of hydrogen-bond donors (Lipinski definition) is 0. The summed E-state index contributed by atoms with van der Waals surface area (Å²) in [4.78, 5) is 0. The fourth-order valence-electron chi connectivity index (χ4n) is 2.69. The van der Waals surface area contributed by atoms with Crippen molar-refractivity contribution >= 4 is 15.9 Å². The van der Waals surface area contributed by atoms with Crippen LogP contribution in [0.25, 0.3) is 0 Å². The zero-order valence-corrected chi connectivity index (χ0v) is 12.3. The third-order valence-corrected chi connectivity index (χ3v) is 5.07. The first-order valence-corrected chi connectivity index (χ1v) is 7.54. The van der Waals surface area contributed by atoms with Crippen molar-refractivity contribution in [3.05, 3.63) is 29.3 Å². The first-order chi connectivity index (χ1) is 8.17. The van der Waals surface area contributed by atoms with Crippen molar-refractivity contribution in [2.75, 3.05) is 11.9 Å². The Labute approximate surface area is 113 Å². The molecule has 0 bridgehead atoms. The number of hydrogen-bond acceptors (Lipinski definition) is 1. The first kappa shape index (κ1) is 12.9. The first-order valence-electron chi connectivity index (χ1n) is 6.42. The lowest BCUT2D eigenvalue weighted by Gasteiger charge is -2.27. The Kier molecular flexibility index (Phi) is 4.13. The number of alkyl halides is 1. The standard InChI is InChI=1S/C15H21BrO/c1-12-6-5-7-13(2)14(12)17-11-15(10-16)8-3-4-9-15/h5-7H,3-4,8-11H2,1-2H3. The van der Waals surface area contributed by atoms with E-state index in [1.165, 1.54) is 36.8 Å². The second kappa shape index (κ2) is 5.43. The second-order valence-electron chi connectivity index (χ2n) is 5.35. The number of aryl methyl sites for hydroxylation is 2. The molecule has 1 fully saturated rings. The lowest BCUT2D eigenvalue weighted by molar-refractivity contribution is 0.172. The topological polar surface area (TPSA) is 9.23 Å². The van der Waals surface area contributed by atoms with E-state index in [0.29, 0.717) is 5.41 Å². The SMILES string of the molecule is Cc1cccc(C)c1OCC1(CBr)CCCC1. The van der Waals surface area contributed by atoms with Gasteiger partial charge in [0.15, 0.2) is 0 Å². The van der Waals surface area contributed by atoms with Gasteiger partial charge in [-0.1, -0.05) is 47.0 Å². The van der Waals surface area contributed by atoms with Crippen LogP contribution >= 0.6 is 15.9 Å². The van der Waals surface area contributed by atoms with Crippen LogP contribution in [0.2, 0.25) is 0 Å². The van der Waals surface area contributed by atoms with Crippen LogP contribution in [-0.2, 0) is 0 Å². The highest BCUT2D eigenvalue weighted by atomic mass is 79.9. The van der Waals surface area contributed by atoms with Crippen LogP contribution in [0.5, 0.6) is 5.75 Å². The maximum absolute atomic E-state index is 6.12. The number of benzene rings is 1. The Hall–Kier alpha value is -0.500. The molecule has 94 valence electrons. The molecule has 0 aliphatic heterocycles. The van der Waals surface area contributed by atoms with Crippen LogP contribution < -0.4 is 4.74 Å². The molecular formula is C15H21BrO. The zero-order valence-electron chi connectivity index (χ0n) is 10.8. The maximum atomic E-state index is 6.12. The van der Waals surface area contributed by atoms with E-state index in [1.54, 1.807) is 0 Å². The minimum absolute atomic E-state index is 0.370. The molecule has 1 aromatic rings. The highest BCUT2D eigenvalue weighted by molar-refractivity contribution is 9.09. The Bertz CT molecular complexity index is 360. The molecule has 1 aromatic carbocycles. The van der Waals surface area contributed by atoms with E-state index in [1.807, 2.05) is 0 Å². The molecule has 17 heavy (non-hydrogen) atoms. The summed E-state index contributed by atoms with van der Waals surface area (Å²) in [6.45, 7) is 5.10. The largest absolute Gasteiger partial charge is 0.492 e. The summed E-state index contributed by atoms with van der Waals surface area (Å²) in [7, 11) is 0. The molecule has 0 spiro atoms. The lowest BCUT2D eigenvalue weighted by Crippen LogP contribution is -2.27. The molecule has 0 unspecified atom stereocenters. The number of ether oxygens (including phenoxy) is 1. The van der Waals surface area contributed by atoms with E-state index in [-0.39, 0.29) is 0 Å². The van der Waals surface area contributed by atoms with Gasteiger partial charge in [0, 0.05) is 10.7 Å². The average molecular weight is 297 g/mol. The van der Waals surface area contributed by atoms with Crippen molar-refractivity contribution in [3.63, 3.8) is 0 Å². The monoisotopic (exact) mass is 296 g/mol. The predicted octanol–water partition coefficient (Wildman–Crippen LogP) is 4.64. The molecular weight excluding hydrogens is 276 g/mol. The summed E-state index contributed by atoms with van der Waals surface area (Å²) < 4.78 is 6.12. The summed E-state index contributed by atoms with van der Waals surface area (Å²) in [5, 5.41) is 1.06. The van der Waals surface area contributed by atoms with Gasteiger partial charge < -0.3 is 4.74 Å². The molecule has 2 heteroatoms. The molecule has 0 N–H and O–H groups in total. The van der Waals surface area contributed by atoms with Gasteiger partial charge in [-0.2, -0.15) is 0 Å². The summed E-state index contributed by atoms with van der Waals surface area (Å²) in [6.07, 6.45) is 5.29.